The van der Waals surface area contributed by atoms with Crippen LogP contribution >= 0.6 is 0 Å². The van der Waals surface area contributed by atoms with Crippen LogP contribution in [0.15, 0.2) is 18.7 Å². The molecule has 1 atom stereocenters. The highest BCUT2D eigenvalue weighted by molar-refractivity contribution is 7.87. The van der Waals surface area contributed by atoms with E-state index in [1.165, 1.54) is 0 Å². The topological polar surface area (TPSA) is 79.3 Å². The van der Waals surface area contributed by atoms with Crippen LogP contribution in [-0.4, -0.2) is 55.0 Å². The minimum Gasteiger partial charge on any atom is -0.337 e. The summed E-state index contributed by atoms with van der Waals surface area (Å²) < 4.78 is 31.1. The van der Waals surface area contributed by atoms with Crippen molar-refractivity contribution in [3.8, 4) is 0 Å². The van der Waals surface area contributed by atoms with E-state index in [-0.39, 0.29) is 6.04 Å². The fourth-order valence-electron chi connectivity index (χ4n) is 2.69. The van der Waals surface area contributed by atoms with E-state index >= 15 is 0 Å². The first-order valence-electron chi connectivity index (χ1n) is 7.50. The molecule has 1 saturated heterocycles. The average molecular weight is 315 g/mol. The molecule has 2 rings (SSSR count). The summed E-state index contributed by atoms with van der Waals surface area (Å²) in [5, 5.41) is 3.08. The summed E-state index contributed by atoms with van der Waals surface area (Å²) in [6.07, 6.45) is 9.05. The van der Waals surface area contributed by atoms with E-state index < -0.39 is 10.2 Å². The van der Waals surface area contributed by atoms with Gasteiger partial charge >= 0.3 is 0 Å². The normalized spacial score (nSPS) is 20.7. The highest BCUT2D eigenvalue weighted by Crippen LogP contribution is 2.19. The van der Waals surface area contributed by atoms with Crippen LogP contribution in [0.25, 0.3) is 0 Å². The smallest absolute Gasteiger partial charge is 0.279 e. The fourth-order valence-corrected chi connectivity index (χ4v) is 4.20. The van der Waals surface area contributed by atoms with Crippen molar-refractivity contribution in [2.45, 2.75) is 38.3 Å². The van der Waals surface area contributed by atoms with Crippen LogP contribution in [0.5, 0.6) is 0 Å². The number of aryl methyl sites for hydroxylation is 1. The highest BCUT2D eigenvalue weighted by atomic mass is 32.2. The molecule has 0 bridgehead atoms. The lowest BCUT2D eigenvalue weighted by Gasteiger charge is -2.34. The molecule has 0 aromatic carbocycles. The average Bonchev–Trinajstić information content (AvgIpc) is 2.98. The third-order valence-electron chi connectivity index (χ3n) is 3.76. The van der Waals surface area contributed by atoms with E-state index in [1.54, 1.807) is 16.8 Å². The summed E-state index contributed by atoms with van der Waals surface area (Å²) in [6, 6.07) is 0.0647. The molecular weight excluding hydrogens is 290 g/mol. The van der Waals surface area contributed by atoms with Crippen LogP contribution in [0.3, 0.4) is 0 Å². The molecule has 1 aromatic rings. The fraction of sp³-hybridized carbons (Fsp3) is 0.769. The van der Waals surface area contributed by atoms with Gasteiger partial charge in [-0.05, 0) is 26.3 Å². The van der Waals surface area contributed by atoms with Gasteiger partial charge in [-0.25, -0.2) is 9.71 Å². The molecule has 0 amide bonds. The first-order valence-corrected chi connectivity index (χ1v) is 8.94. The van der Waals surface area contributed by atoms with Gasteiger partial charge in [0.2, 0.25) is 0 Å². The van der Waals surface area contributed by atoms with Crippen LogP contribution in [0, 0.1) is 0 Å². The molecule has 8 heteroatoms. The SMILES string of the molecule is CNCC1CCCCN1S(=O)(=O)NCCCn1ccnc1. The number of hydrogen-bond donors (Lipinski definition) is 2. The molecular formula is C13H25N5O2S. The molecule has 0 saturated carbocycles. The van der Waals surface area contributed by atoms with Gasteiger partial charge in [-0.1, -0.05) is 6.42 Å². The summed E-state index contributed by atoms with van der Waals surface area (Å²) >= 11 is 0. The zero-order valence-electron chi connectivity index (χ0n) is 12.5. The quantitative estimate of drug-likeness (QED) is 0.671. The predicted molar refractivity (Wildman–Crippen MR) is 82.0 cm³/mol. The third kappa shape index (κ3) is 4.77. The van der Waals surface area contributed by atoms with Gasteiger partial charge in [0.25, 0.3) is 10.2 Å². The Labute approximate surface area is 126 Å². The second kappa shape index (κ2) is 7.88. The van der Waals surface area contributed by atoms with E-state index in [9.17, 15) is 8.42 Å². The van der Waals surface area contributed by atoms with Crippen LogP contribution in [0.1, 0.15) is 25.7 Å². The van der Waals surface area contributed by atoms with Crippen molar-refractivity contribution in [3.63, 3.8) is 0 Å². The maximum Gasteiger partial charge on any atom is 0.279 e. The number of piperidine rings is 1. The van der Waals surface area contributed by atoms with E-state index in [1.807, 2.05) is 17.8 Å². The van der Waals surface area contributed by atoms with Crippen LogP contribution in [0.2, 0.25) is 0 Å². The second-order valence-corrected chi connectivity index (χ2v) is 7.08. The largest absolute Gasteiger partial charge is 0.337 e. The Morgan fingerprint density at radius 3 is 2.95 bits per heavy atom. The van der Waals surface area contributed by atoms with Crippen molar-refractivity contribution in [2.24, 2.45) is 0 Å². The van der Waals surface area contributed by atoms with Crippen molar-refractivity contribution < 1.29 is 8.42 Å². The number of aromatic nitrogens is 2. The van der Waals surface area contributed by atoms with Gasteiger partial charge in [0.15, 0.2) is 0 Å². The molecule has 1 aliphatic heterocycles. The van der Waals surface area contributed by atoms with Gasteiger partial charge in [-0.15, -0.1) is 0 Å². The zero-order valence-corrected chi connectivity index (χ0v) is 13.3. The summed E-state index contributed by atoms with van der Waals surface area (Å²) in [6.45, 7) is 2.53. The molecule has 1 fully saturated rings. The third-order valence-corrected chi connectivity index (χ3v) is 5.43. The number of nitrogens with zero attached hydrogens (tertiary/aromatic N) is 3. The Morgan fingerprint density at radius 1 is 1.38 bits per heavy atom. The Bertz CT molecular complexity index is 501. The van der Waals surface area contributed by atoms with Crippen LogP contribution in [0.4, 0.5) is 0 Å². The maximum absolute atomic E-state index is 12.4. The molecule has 2 N–H and O–H groups in total. The highest BCUT2D eigenvalue weighted by Gasteiger charge is 2.31. The van der Waals surface area contributed by atoms with E-state index in [4.69, 9.17) is 0 Å². The Morgan fingerprint density at radius 2 is 2.24 bits per heavy atom. The Hall–Kier alpha value is -0.960. The van der Waals surface area contributed by atoms with Crippen molar-refractivity contribution in [2.75, 3.05) is 26.7 Å². The van der Waals surface area contributed by atoms with Crippen molar-refractivity contribution in [1.82, 2.24) is 23.9 Å². The first kappa shape index (κ1) is 16.4. The van der Waals surface area contributed by atoms with Crippen LogP contribution < -0.4 is 10.0 Å². The van der Waals surface area contributed by atoms with E-state index in [2.05, 4.69) is 15.0 Å². The number of rotatable bonds is 8. The zero-order chi connectivity index (χ0) is 15.1. The molecule has 2 heterocycles. The first-order chi connectivity index (χ1) is 10.1. The minimum absolute atomic E-state index is 0.0647. The predicted octanol–water partition coefficient (Wildman–Crippen LogP) is 0.182. The standard InChI is InChI=1S/C13H25N5O2S/c1-14-11-13-5-2-3-9-18(13)21(19,20)16-6-4-8-17-10-7-15-12-17/h7,10,12-14,16H,2-6,8-9,11H2,1H3. The lowest BCUT2D eigenvalue weighted by Crippen LogP contribution is -2.52. The summed E-state index contributed by atoms with van der Waals surface area (Å²) in [5.74, 6) is 0. The van der Waals surface area contributed by atoms with Gasteiger partial charge < -0.3 is 9.88 Å². The lowest BCUT2D eigenvalue weighted by molar-refractivity contribution is 0.246. The number of nitrogens with one attached hydrogen (secondary N) is 2. The summed E-state index contributed by atoms with van der Waals surface area (Å²) in [4.78, 5) is 3.96. The van der Waals surface area contributed by atoms with Crippen LogP contribution in [-0.2, 0) is 16.8 Å². The number of imidazole rings is 1. The van der Waals surface area contributed by atoms with Gasteiger partial charge in [0, 0.05) is 44.6 Å². The van der Waals surface area contributed by atoms with Gasteiger partial charge in [-0.3, -0.25) is 0 Å². The van der Waals surface area contributed by atoms with Gasteiger partial charge in [0.1, 0.15) is 0 Å². The second-order valence-electron chi connectivity index (χ2n) is 5.37. The van der Waals surface area contributed by atoms with E-state index in [0.717, 1.165) is 32.2 Å². The summed E-state index contributed by atoms with van der Waals surface area (Å²) in [7, 11) is -1.52. The molecule has 7 nitrogen and oxygen atoms in total. The molecule has 1 unspecified atom stereocenters. The number of likely N-dealkylation sites (N-methyl/N-ethyl adjacent to an activating group) is 1. The monoisotopic (exact) mass is 315 g/mol. The number of hydrogen-bond acceptors (Lipinski definition) is 4. The molecule has 21 heavy (non-hydrogen) atoms. The molecule has 1 aromatic heterocycles. The molecule has 0 radical (unpaired) electrons. The van der Waals surface area contributed by atoms with Crippen molar-refractivity contribution >= 4 is 10.2 Å². The minimum atomic E-state index is -3.38. The van der Waals surface area contributed by atoms with E-state index in [0.29, 0.717) is 19.6 Å². The summed E-state index contributed by atoms with van der Waals surface area (Å²) in [5.41, 5.74) is 0. The molecule has 1 aliphatic rings. The lowest BCUT2D eigenvalue weighted by atomic mass is 10.1. The van der Waals surface area contributed by atoms with Crippen molar-refractivity contribution in [1.29, 1.82) is 0 Å². The molecule has 0 aliphatic carbocycles. The van der Waals surface area contributed by atoms with Gasteiger partial charge in [0.05, 0.1) is 6.33 Å². The Balaban J connectivity index is 1.81. The Kier molecular flexibility index (Phi) is 6.16. The molecule has 120 valence electrons. The molecule has 0 spiro atoms. The van der Waals surface area contributed by atoms with Crippen molar-refractivity contribution in [3.05, 3.63) is 18.7 Å². The maximum atomic E-state index is 12.4. The van der Waals surface area contributed by atoms with Gasteiger partial charge in [-0.2, -0.15) is 12.7 Å².